The lowest BCUT2D eigenvalue weighted by molar-refractivity contribution is 0.594. The molecule has 1 atom stereocenters. The number of benzene rings is 1. The largest absolute Gasteiger partial charge is 0.324 e. The van der Waals surface area contributed by atoms with Gasteiger partial charge in [0.25, 0.3) is 0 Å². The molecular formula is C12H16ClN. The second-order valence-corrected chi connectivity index (χ2v) is 4.72. The second-order valence-electron chi connectivity index (χ2n) is 4.29. The molecule has 1 aromatic rings. The van der Waals surface area contributed by atoms with Crippen LogP contribution in [-0.2, 0) is 0 Å². The standard InChI is InChI=1S/C12H16ClN/c1-8-6-10(13)4-5-11(8)12(14)7-9-2-3-9/h4-6,9,12H,2-3,7,14H2,1H3/t12-/m1/s1. The predicted octanol–water partition coefficient (Wildman–Crippen LogP) is 3.45. The fourth-order valence-corrected chi connectivity index (χ4v) is 2.12. The van der Waals surface area contributed by atoms with Crippen molar-refractivity contribution in [2.75, 3.05) is 0 Å². The first-order chi connectivity index (χ1) is 6.66. The van der Waals surface area contributed by atoms with Crippen LogP contribution in [0.25, 0.3) is 0 Å². The molecule has 76 valence electrons. The van der Waals surface area contributed by atoms with Crippen molar-refractivity contribution in [3.05, 3.63) is 34.3 Å². The monoisotopic (exact) mass is 209 g/mol. The lowest BCUT2D eigenvalue weighted by Gasteiger charge is -2.14. The summed E-state index contributed by atoms with van der Waals surface area (Å²) < 4.78 is 0. The Morgan fingerprint density at radius 1 is 1.50 bits per heavy atom. The summed E-state index contributed by atoms with van der Waals surface area (Å²) in [6, 6.07) is 6.17. The number of hydrogen-bond acceptors (Lipinski definition) is 1. The molecule has 2 N–H and O–H groups in total. The highest BCUT2D eigenvalue weighted by molar-refractivity contribution is 6.30. The Hall–Kier alpha value is -0.530. The molecular weight excluding hydrogens is 194 g/mol. The summed E-state index contributed by atoms with van der Waals surface area (Å²) in [6.07, 6.45) is 3.85. The number of rotatable bonds is 3. The average Bonchev–Trinajstić information content (AvgIpc) is 2.87. The highest BCUT2D eigenvalue weighted by Crippen LogP contribution is 2.37. The highest BCUT2D eigenvalue weighted by Gasteiger charge is 2.24. The summed E-state index contributed by atoms with van der Waals surface area (Å²) >= 11 is 5.90. The minimum absolute atomic E-state index is 0.194. The molecule has 0 heterocycles. The van der Waals surface area contributed by atoms with Gasteiger partial charge in [-0.05, 0) is 42.5 Å². The van der Waals surface area contributed by atoms with E-state index < -0.39 is 0 Å². The number of aryl methyl sites for hydroxylation is 1. The van der Waals surface area contributed by atoms with Gasteiger partial charge < -0.3 is 5.73 Å². The van der Waals surface area contributed by atoms with Gasteiger partial charge in [-0.25, -0.2) is 0 Å². The molecule has 0 aromatic heterocycles. The molecule has 1 fully saturated rings. The molecule has 0 bridgehead atoms. The van der Waals surface area contributed by atoms with Gasteiger partial charge in [0.05, 0.1) is 0 Å². The van der Waals surface area contributed by atoms with E-state index in [9.17, 15) is 0 Å². The van der Waals surface area contributed by atoms with Crippen LogP contribution in [0.15, 0.2) is 18.2 Å². The van der Waals surface area contributed by atoms with E-state index in [0.29, 0.717) is 0 Å². The summed E-state index contributed by atoms with van der Waals surface area (Å²) in [6.45, 7) is 2.08. The van der Waals surface area contributed by atoms with Crippen LogP contribution < -0.4 is 5.73 Å². The zero-order valence-electron chi connectivity index (χ0n) is 8.46. The van der Waals surface area contributed by atoms with Gasteiger partial charge in [-0.2, -0.15) is 0 Å². The van der Waals surface area contributed by atoms with E-state index in [4.69, 9.17) is 17.3 Å². The Kier molecular flexibility index (Phi) is 2.80. The highest BCUT2D eigenvalue weighted by atomic mass is 35.5. The molecule has 2 heteroatoms. The zero-order valence-corrected chi connectivity index (χ0v) is 9.22. The van der Waals surface area contributed by atoms with Crippen molar-refractivity contribution in [2.24, 2.45) is 11.7 Å². The molecule has 0 aliphatic heterocycles. The Morgan fingerprint density at radius 2 is 2.21 bits per heavy atom. The number of nitrogens with two attached hydrogens (primary N) is 1. The van der Waals surface area contributed by atoms with E-state index in [1.54, 1.807) is 0 Å². The minimum atomic E-state index is 0.194. The topological polar surface area (TPSA) is 26.0 Å². The first kappa shape index (κ1) is 10.0. The Balaban J connectivity index is 2.13. The van der Waals surface area contributed by atoms with Crippen LogP contribution in [0.4, 0.5) is 0 Å². The van der Waals surface area contributed by atoms with Crippen LogP contribution in [0.3, 0.4) is 0 Å². The molecule has 0 unspecified atom stereocenters. The van der Waals surface area contributed by atoms with Gasteiger partial charge in [-0.15, -0.1) is 0 Å². The van der Waals surface area contributed by atoms with E-state index in [0.717, 1.165) is 17.4 Å². The van der Waals surface area contributed by atoms with Crippen molar-refractivity contribution in [3.63, 3.8) is 0 Å². The van der Waals surface area contributed by atoms with Crippen LogP contribution in [-0.4, -0.2) is 0 Å². The van der Waals surface area contributed by atoms with Crippen LogP contribution in [0, 0.1) is 12.8 Å². The summed E-state index contributed by atoms with van der Waals surface area (Å²) in [5.41, 5.74) is 8.61. The summed E-state index contributed by atoms with van der Waals surface area (Å²) in [4.78, 5) is 0. The molecule has 1 aliphatic rings. The third-order valence-corrected chi connectivity index (χ3v) is 3.15. The van der Waals surface area contributed by atoms with Gasteiger partial charge in [0, 0.05) is 11.1 Å². The van der Waals surface area contributed by atoms with E-state index >= 15 is 0 Å². The molecule has 1 aromatic carbocycles. The maximum atomic E-state index is 6.14. The molecule has 2 rings (SSSR count). The fourth-order valence-electron chi connectivity index (χ4n) is 1.89. The van der Waals surface area contributed by atoms with Crippen molar-refractivity contribution in [2.45, 2.75) is 32.2 Å². The van der Waals surface area contributed by atoms with Crippen molar-refractivity contribution < 1.29 is 0 Å². The first-order valence-corrected chi connectivity index (χ1v) is 5.56. The van der Waals surface area contributed by atoms with Gasteiger partial charge in [0.1, 0.15) is 0 Å². The van der Waals surface area contributed by atoms with E-state index in [-0.39, 0.29) is 6.04 Å². The average molecular weight is 210 g/mol. The van der Waals surface area contributed by atoms with Gasteiger partial charge in [0.15, 0.2) is 0 Å². The number of halogens is 1. The lowest BCUT2D eigenvalue weighted by Crippen LogP contribution is -2.12. The van der Waals surface area contributed by atoms with Crippen molar-refractivity contribution in [1.82, 2.24) is 0 Å². The Bertz CT molecular complexity index is 331. The van der Waals surface area contributed by atoms with Gasteiger partial charge >= 0.3 is 0 Å². The SMILES string of the molecule is Cc1cc(Cl)ccc1[C@H](N)CC1CC1. The smallest absolute Gasteiger partial charge is 0.0408 e. The van der Waals surface area contributed by atoms with Crippen LogP contribution >= 0.6 is 11.6 Å². The Labute approximate surface area is 90.3 Å². The maximum absolute atomic E-state index is 6.14. The van der Waals surface area contributed by atoms with Crippen LogP contribution in [0.2, 0.25) is 5.02 Å². The summed E-state index contributed by atoms with van der Waals surface area (Å²) in [5, 5.41) is 0.796. The maximum Gasteiger partial charge on any atom is 0.0408 e. The third kappa shape index (κ3) is 2.28. The van der Waals surface area contributed by atoms with Crippen molar-refractivity contribution in [3.8, 4) is 0 Å². The van der Waals surface area contributed by atoms with Gasteiger partial charge in [-0.1, -0.05) is 30.5 Å². The van der Waals surface area contributed by atoms with E-state index in [2.05, 4.69) is 13.0 Å². The van der Waals surface area contributed by atoms with Gasteiger partial charge in [-0.3, -0.25) is 0 Å². The molecule has 0 radical (unpaired) electrons. The molecule has 0 amide bonds. The summed E-state index contributed by atoms with van der Waals surface area (Å²) in [5.74, 6) is 0.875. The Morgan fingerprint density at radius 3 is 2.79 bits per heavy atom. The quantitative estimate of drug-likeness (QED) is 0.811. The fraction of sp³-hybridized carbons (Fsp3) is 0.500. The molecule has 14 heavy (non-hydrogen) atoms. The van der Waals surface area contributed by atoms with Gasteiger partial charge in [0.2, 0.25) is 0 Å². The third-order valence-electron chi connectivity index (χ3n) is 2.92. The number of hydrogen-bond donors (Lipinski definition) is 1. The van der Waals surface area contributed by atoms with Crippen LogP contribution in [0.5, 0.6) is 0 Å². The lowest BCUT2D eigenvalue weighted by atomic mass is 9.98. The molecule has 1 aliphatic carbocycles. The van der Waals surface area contributed by atoms with E-state index in [1.165, 1.54) is 24.0 Å². The zero-order chi connectivity index (χ0) is 10.1. The second kappa shape index (κ2) is 3.92. The summed E-state index contributed by atoms with van der Waals surface area (Å²) in [7, 11) is 0. The van der Waals surface area contributed by atoms with Crippen molar-refractivity contribution in [1.29, 1.82) is 0 Å². The predicted molar refractivity (Wildman–Crippen MR) is 60.5 cm³/mol. The minimum Gasteiger partial charge on any atom is -0.324 e. The molecule has 1 nitrogen and oxygen atoms in total. The van der Waals surface area contributed by atoms with Crippen molar-refractivity contribution >= 4 is 11.6 Å². The molecule has 0 saturated heterocycles. The first-order valence-electron chi connectivity index (χ1n) is 5.18. The molecule has 1 saturated carbocycles. The van der Waals surface area contributed by atoms with Crippen LogP contribution in [0.1, 0.15) is 36.4 Å². The normalized spacial score (nSPS) is 18.2. The van der Waals surface area contributed by atoms with E-state index in [1.807, 2.05) is 12.1 Å². The molecule has 0 spiro atoms.